The van der Waals surface area contributed by atoms with E-state index >= 15 is 0 Å². The molecule has 0 aliphatic heterocycles. The number of halogens is 2. The number of rotatable bonds is 6. The molecule has 0 unspecified atom stereocenters. The van der Waals surface area contributed by atoms with Gasteiger partial charge in [0.25, 0.3) is 0 Å². The van der Waals surface area contributed by atoms with Crippen LogP contribution in [0.15, 0.2) is 33.5 Å². The molecule has 6 nitrogen and oxygen atoms in total. The normalized spacial score (nSPS) is 10.4. The van der Waals surface area contributed by atoms with E-state index in [-0.39, 0.29) is 6.54 Å². The number of nitrogens with one attached hydrogen (secondary N) is 1. The summed E-state index contributed by atoms with van der Waals surface area (Å²) in [6.45, 7) is 0.622. The second-order valence-electron chi connectivity index (χ2n) is 4.33. The lowest BCUT2D eigenvalue weighted by Crippen LogP contribution is -2.18. The summed E-state index contributed by atoms with van der Waals surface area (Å²) < 4.78 is 8.70. The fourth-order valence-electron chi connectivity index (χ4n) is 1.87. The molecule has 0 bridgehead atoms. The molecule has 0 atom stereocenters. The number of primary amides is 1. The first-order valence-corrected chi connectivity index (χ1v) is 7.64. The molecule has 0 fully saturated rings. The zero-order valence-electron chi connectivity index (χ0n) is 11.3. The Balaban J connectivity index is 2.09. The molecular weight excluding hydrogens is 404 g/mol. The van der Waals surface area contributed by atoms with Crippen molar-refractivity contribution in [3.05, 3.63) is 39.0 Å². The summed E-state index contributed by atoms with van der Waals surface area (Å²) in [6.07, 6.45) is 3.37. The lowest BCUT2D eigenvalue weighted by molar-refractivity contribution is -0.118. The zero-order chi connectivity index (χ0) is 15.4. The first kappa shape index (κ1) is 15.8. The van der Waals surface area contributed by atoms with Crippen molar-refractivity contribution < 1.29 is 9.53 Å². The third-order valence-electron chi connectivity index (χ3n) is 2.72. The third kappa shape index (κ3) is 4.21. The van der Waals surface area contributed by atoms with Crippen LogP contribution in [0.2, 0.25) is 0 Å². The molecule has 1 heterocycles. The van der Waals surface area contributed by atoms with Gasteiger partial charge in [0.15, 0.2) is 0 Å². The van der Waals surface area contributed by atoms with Gasteiger partial charge in [0.1, 0.15) is 12.3 Å². The Hall–Kier alpha value is -1.54. The van der Waals surface area contributed by atoms with Crippen molar-refractivity contribution in [1.29, 1.82) is 0 Å². The summed E-state index contributed by atoms with van der Waals surface area (Å²) in [5, 5.41) is 7.28. The van der Waals surface area contributed by atoms with Crippen LogP contribution >= 0.6 is 31.9 Å². The Morgan fingerprint density at radius 1 is 1.48 bits per heavy atom. The number of hydrogen-bond acceptors (Lipinski definition) is 4. The number of carbonyl (C=O) groups is 1. The van der Waals surface area contributed by atoms with Gasteiger partial charge in [-0.2, -0.15) is 5.10 Å². The van der Waals surface area contributed by atoms with Crippen molar-refractivity contribution >= 4 is 43.5 Å². The summed E-state index contributed by atoms with van der Waals surface area (Å²) in [7, 11) is 1.63. The number of anilines is 1. The molecule has 0 radical (unpaired) electrons. The molecule has 2 rings (SSSR count). The van der Waals surface area contributed by atoms with Crippen molar-refractivity contribution in [1.82, 2.24) is 9.78 Å². The molecule has 0 saturated heterocycles. The Morgan fingerprint density at radius 3 is 2.90 bits per heavy atom. The fourth-order valence-corrected chi connectivity index (χ4v) is 3.35. The number of methoxy groups -OCH3 is 1. The summed E-state index contributed by atoms with van der Waals surface area (Å²) in [5.74, 6) is 0.345. The smallest absolute Gasteiger partial charge is 0.239 e. The zero-order valence-corrected chi connectivity index (χ0v) is 14.4. The maximum Gasteiger partial charge on any atom is 0.239 e. The quantitative estimate of drug-likeness (QED) is 0.756. The SMILES string of the molecule is COc1c(Br)cc(Br)cc1CNc1cnn(CC(N)=O)c1. The van der Waals surface area contributed by atoms with Crippen LogP contribution in [0.3, 0.4) is 0 Å². The molecular formula is C13H14Br2N4O2. The van der Waals surface area contributed by atoms with Gasteiger partial charge >= 0.3 is 0 Å². The lowest BCUT2D eigenvalue weighted by Gasteiger charge is -2.12. The minimum Gasteiger partial charge on any atom is -0.495 e. The van der Waals surface area contributed by atoms with Crippen LogP contribution in [0, 0.1) is 0 Å². The molecule has 1 aromatic heterocycles. The Kier molecular flexibility index (Phi) is 5.24. The number of hydrogen-bond donors (Lipinski definition) is 2. The highest BCUT2D eigenvalue weighted by Crippen LogP contribution is 2.33. The molecule has 2 aromatic rings. The molecule has 0 spiro atoms. The highest BCUT2D eigenvalue weighted by molar-refractivity contribution is 9.11. The van der Waals surface area contributed by atoms with Gasteiger partial charge in [-0.1, -0.05) is 15.9 Å². The van der Waals surface area contributed by atoms with E-state index in [1.807, 2.05) is 12.1 Å². The lowest BCUT2D eigenvalue weighted by atomic mass is 10.2. The minimum absolute atomic E-state index is 0.0629. The highest BCUT2D eigenvalue weighted by atomic mass is 79.9. The van der Waals surface area contributed by atoms with Gasteiger partial charge in [-0.3, -0.25) is 9.48 Å². The van der Waals surface area contributed by atoms with E-state index in [4.69, 9.17) is 10.5 Å². The van der Waals surface area contributed by atoms with Gasteiger partial charge in [-0.15, -0.1) is 0 Å². The van der Waals surface area contributed by atoms with Crippen LogP contribution < -0.4 is 15.8 Å². The predicted octanol–water partition coefficient (Wildman–Crippen LogP) is 2.51. The van der Waals surface area contributed by atoms with Gasteiger partial charge < -0.3 is 15.8 Å². The molecule has 0 aliphatic rings. The summed E-state index contributed by atoms with van der Waals surface area (Å²) in [4.78, 5) is 10.8. The predicted molar refractivity (Wildman–Crippen MR) is 87.1 cm³/mol. The number of nitrogens with zero attached hydrogens (tertiary/aromatic N) is 2. The van der Waals surface area contributed by atoms with Crippen LogP contribution in [0.4, 0.5) is 5.69 Å². The van der Waals surface area contributed by atoms with E-state index in [0.717, 1.165) is 25.9 Å². The molecule has 8 heteroatoms. The number of aromatic nitrogens is 2. The molecule has 112 valence electrons. The van der Waals surface area contributed by atoms with Crippen molar-refractivity contribution in [2.45, 2.75) is 13.1 Å². The van der Waals surface area contributed by atoms with E-state index in [2.05, 4.69) is 42.3 Å². The van der Waals surface area contributed by atoms with Gasteiger partial charge in [-0.25, -0.2) is 0 Å². The fraction of sp³-hybridized carbons (Fsp3) is 0.231. The highest BCUT2D eigenvalue weighted by Gasteiger charge is 2.09. The third-order valence-corrected chi connectivity index (χ3v) is 3.77. The summed E-state index contributed by atoms with van der Waals surface area (Å²) in [6, 6.07) is 3.90. The topological polar surface area (TPSA) is 82.2 Å². The summed E-state index contributed by atoms with van der Waals surface area (Å²) in [5.41, 5.74) is 6.91. The van der Waals surface area contributed by atoms with E-state index in [9.17, 15) is 4.79 Å². The van der Waals surface area contributed by atoms with E-state index in [0.29, 0.717) is 6.54 Å². The van der Waals surface area contributed by atoms with Crippen molar-refractivity contribution in [3.63, 3.8) is 0 Å². The molecule has 21 heavy (non-hydrogen) atoms. The average molecular weight is 418 g/mol. The van der Waals surface area contributed by atoms with Crippen LogP contribution in [-0.2, 0) is 17.9 Å². The van der Waals surface area contributed by atoms with Crippen LogP contribution in [0.1, 0.15) is 5.56 Å². The van der Waals surface area contributed by atoms with E-state index in [1.165, 1.54) is 4.68 Å². The second-order valence-corrected chi connectivity index (χ2v) is 6.10. The second kappa shape index (κ2) is 6.95. The van der Waals surface area contributed by atoms with Gasteiger partial charge in [0, 0.05) is 22.8 Å². The Labute approximate surface area is 138 Å². The van der Waals surface area contributed by atoms with E-state index < -0.39 is 5.91 Å². The van der Waals surface area contributed by atoms with Crippen molar-refractivity contribution in [3.8, 4) is 5.75 Å². The molecule has 1 amide bonds. The Morgan fingerprint density at radius 2 is 2.24 bits per heavy atom. The maximum absolute atomic E-state index is 10.8. The molecule has 1 aromatic carbocycles. The standard InChI is InChI=1S/C13H14Br2N4O2/c1-21-13-8(2-9(14)3-11(13)15)4-17-10-5-18-19(6-10)7-12(16)20/h2-3,5-6,17H,4,7H2,1H3,(H2,16,20). The van der Waals surface area contributed by atoms with Crippen LogP contribution in [0.25, 0.3) is 0 Å². The van der Waals surface area contributed by atoms with Gasteiger partial charge in [0.2, 0.25) is 5.91 Å². The number of amides is 1. The number of ether oxygens (including phenoxy) is 1. The van der Waals surface area contributed by atoms with Gasteiger partial charge in [-0.05, 0) is 28.1 Å². The minimum atomic E-state index is -0.428. The first-order valence-electron chi connectivity index (χ1n) is 6.06. The maximum atomic E-state index is 10.8. The van der Waals surface area contributed by atoms with Crippen molar-refractivity contribution in [2.24, 2.45) is 5.73 Å². The number of nitrogens with two attached hydrogens (primary N) is 1. The largest absolute Gasteiger partial charge is 0.495 e. The van der Waals surface area contributed by atoms with Crippen LogP contribution in [-0.4, -0.2) is 22.8 Å². The molecule has 3 N–H and O–H groups in total. The monoisotopic (exact) mass is 416 g/mol. The number of benzene rings is 1. The van der Waals surface area contributed by atoms with E-state index in [1.54, 1.807) is 19.5 Å². The van der Waals surface area contributed by atoms with Crippen LogP contribution in [0.5, 0.6) is 5.75 Å². The summed E-state index contributed by atoms with van der Waals surface area (Å²) >= 11 is 6.92. The van der Waals surface area contributed by atoms with Gasteiger partial charge in [0.05, 0.1) is 23.5 Å². The molecule has 0 aliphatic carbocycles. The average Bonchev–Trinajstić information content (AvgIpc) is 2.82. The number of carbonyl (C=O) groups excluding carboxylic acids is 1. The van der Waals surface area contributed by atoms with Crippen molar-refractivity contribution in [2.75, 3.05) is 12.4 Å². The first-order chi connectivity index (χ1) is 9.99. The molecule has 0 saturated carbocycles. The Bertz CT molecular complexity index is 658.